The third-order valence-electron chi connectivity index (χ3n) is 3.33. The van der Waals surface area contributed by atoms with Crippen molar-refractivity contribution in [2.24, 2.45) is 0 Å². The monoisotopic (exact) mass is 257 g/mol. The lowest BCUT2D eigenvalue weighted by atomic mass is 10.0. The van der Waals surface area contributed by atoms with Gasteiger partial charge in [0.2, 0.25) is 0 Å². The fourth-order valence-corrected chi connectivity index (χ4v) is 2.30. The second-order valence-corrected chi connectivity index (χ2v) is 4.76. The largest absolute Gasteiger partial charge is 0.489 e. The number of anilines is 1. The summed E-state index contributed by atoms with van der Waals surface area (Å²) >= 11 is 0. The second-order valence-electron chi connectivity index (χ2n) is 4.76. The van der Waals surface area contributed by atoms with E-state index in [4.69, 9.17) is 4.74 Å². The molecule has 0 aromatic heterocycles. The van der Waals surface area contributed by atoms with E-state index in [1.54, 1.807) is 12.1 Å². The minimum absolute atomic E-state index is 0.245. The van der Waals surface area contributed by atoms with Crippen LogP contribution < -0.4 is 10.1 Å². The first-order valence-electron chi connectivity index (χ1n) is 6.55. The molecule has 2 aromatic carbocycles. The Balaban J connectivity index is 1.68. The molecule has 2 nitrogen and oxygen atoms in total. The normalized spacial score (nSPS) is 13.5. The number of hydrogen-bond donors (Lipinski definition) is 1. The quantitative estimate of drug-likeness (QED) is 0.904. The SMILES string of the molecule is Fc1ccc(OCc2ccc3c(c2)NCCC3)cc1. The number of ether oxygens (including phenoxy) is 1. The molecule has 0 saturated carbocycles. The lowest BCUT2D eigenvalue weighted by Crippen LogP contribution is -2.12. The molecule has 3 heteroatoms. The van der Waals surface area contributed by atoms with E-state index in [-0.39, 0.29) is 5.82 Å². The second kappa shape index (κ2) is 5.31. The van der Waals surface area contributed by atoms with E-state index in [0.717, 1.165) is 18.5 Å². The van der Waals surface area contributed by atoms with Gasteiger partial charge in [0.15, 0.2) is 0 Å². The molecule has 0 radical (unpaired) electrons. The number of rotatable bonds is 3. The summed E-state index contributed by atoms with van der Waals surface area (Å²) in [5.41, 5.74) is 3.71. The predicted molar refractivity (Wildman–Crippen MR) is 74.0 cm³/mol. The average Bonchev–Trinajstić information content (AvgIpc) is 2.46. The molecule has 0 aliphatic carbocycles. The third kappa shape index (κ3) is 2.87. The van der Waals surface area contributed by atoms with Crippen LogP contribution in [0.4, 0.5) is 10.1 Å². The molecule has 19 heavy (non-hydrogen) atoms. The van der Waals surface area contributed by atoms with E-state index in [2.05, 4.69) is 23.5 Å². The number of benzene rings is 2. The molecule has 1 aliphatic rings. The third-order valence-corrected chi connectivity index (χ3v) is 3.33. The number of aryl methyl sites for hydroxylation is 1. The summed E-state index contributed by atoms with van der Waals surface area (Å²) in [7, 11) is 0. The van der Waals surface area contributed by atoms with Crippen molar-refractivity contribution in [3.05, 3.63) is 59.4 Å². The van der Waals surface area contributed by atoms with Crippen molar-refractivity contribution in [2.45, 2.75) is 19.4 Å². The Kier molecular flexibility index (Phi) is 3.36. The molecule has 3 rings (SSSR count). The van der Waals surface area contributed by atoms with E-state index < -0.39 is 0 Å². The van der Waals surface area contributed by atoms with Gasteiger partial charge in [0, 0.05) is 12.2 Å². The molecule has 1 aliphatic heterocycles. The molecule has 0 saturated heterocycles. The van der Waals surface area contributed by atoms with Crippen molar-refractivity contribution in [1.29, 1.82) is 0 Å². The standard InChI is InChI=1S/C16H16FNO/c17-14-5-7-15(8-6-14)19-11-12-3-4-13-2-1-9-18-16(13)10-12/h3-8,10,18H,1-2,9,11H2. The highest BCUT2D eigenvalue weighted by molar-refractivity contribution is 5.54. The van der Waals surface area contributed by atoms with E-state index >= 15 is 0 Å². The molecule has 0 atom stereocenters. The van der Waals surface area contributed by atoms with Crippen LogP contribution in [0.5, 0.6) is 5.75 Å². The number of fused-ring (bicyclic) bond motifs is 1. The summed E-state index contributed by atoms with van der Waals surface area (Å²) in [4.78, 5) is 0. The Morgan fingerprint density at radius 3 is 2.79 bits per heavy atom. The molecule has 1 N–H and O–H groups in total. The summed E-state index contributed by atoms with van der Waals surface area (Å²) in [6, 6.07) is 12.5. The van der Waals surface area contributed by atoms with Crippen LogP contribution >= 0.6 is 0 Å². The smallest absolute Gasteiger partial charge is 0.123 e. The van der Waals surface area contributed by atoms with Gasteiger partial charge >= 0.3 is 0 Å². The Bertz CT molecular complexity index is 565. The van der Waals surface area contributed by atoms with Crippen LogP contribution in [0.2, 0.25) is 0 Å². The minimum atomic E-state index is -0.245. The zero-order valence-electron chi connectivity index (χ0n) is 10.7. The fraction of sp³-hybridized carbons (Fsp3) is 0.250. The first kappa shape index (κ1) is 12.0. The maximum Gasteiger partial charge on any atom is 0.123 e. The number of nitrogens with one attached hydrogen (secondary N) is 1. The van der Waals surface area contributed by atoms with Crippen LogP contribution in [-0.2, 0) is 13.0 Å². The van der Waals surface area contributed by atoms with Crippen molar-refractivity contribution < 1.29 is 9.13 Å². The molecule has 0 unspecified atom stereocenters. The summed E-state index contributed by atoms with van der Waals surface area (Å²) in [6.45, 7) is 1.54. The molecule has 98 valence electrons. The van der Waals surface area contributed by atoms with Crippen molar-refractivity contribution in [3.63, 3.8) is 0 Å². The topological polar surface area (TPSA) is 21.3 Å². The Hall–Kier alpha value is -2.03. The van der Waals surface area contributed by atoms with Crippen LogP contribution in [-0.4, -0.2) is 6.54 Å². The zero-order chi connectivity index (χ0) is 13.1. The highest BCUT2D eigenvalue weighted by atomic mass is 19.1. The van der Waals surface area contributed by atoms with Crippen LogP contribution in [0.15, 0.2) is 42.5 Å². The van der Waals surface area contributed by atoms with Gasteiger partial charge in [-0.05, 0) is 54.3 Å². The van der Waals surface area contributed by atoms with E-state index in [9.17, 15) is 4.39 Å². The molecule has 0 amide bonds. The molecular formula is C16H16FNO. The van der Waals surface area contributed by atoms with E-state index in [0.29, 0.717) is 12.4 Å². The highest BCUT2D eigenvalue weighted by Crippen LogP contribution is 2.23. The molecular weight excluding hydrogens is 241 g/mol. The van der Waals surface area contributed by atoms with Gasteiger partial charge in [-0.3, -0.25) is 0 Å². The molecule has 1 heterocycles. The van der Waals surface area contributed by atoms with E-state index in [1.165, 1.54) is 29.8 Å². The van der Waals surface area contributed by atoms with E-state index in [1.807, 2.05) is 0 Å². The lowest BCUT2D eigenvalue weighted by molar-refractivity contribution is 0.306. The maximum absolute atomic E-state index is 12.8. The van der Waals surface area contributed by atoms with Crippen LogP contribution in [0.25, 0.3) is 0 Å². The summed E-state index contributed by atoms with van der Waals surface area (Å²) in [5, 5.41) is 3.40. The van der Waals surface area contributed by atoms with Crippen molar-refractivity contribution >= 4 is 5.69 Å². The Labute approximate surface area is 112 Å². The van der Waals surface area contributed by atoms with Crippen molar-refractivity contribution in [1.82, 2.24) is 0 Å². The molecule has 0 bridgehead atoms. The van der Waals surface area contributed by atoms with Crippen LogP contribution in [0, 0.1) is 5.82 Å². The van der Waals surface area contributed by atoms with Gasteiger partial charge in [0.05, 0.1) is 0 Å². The maximum atomic E-state index is 12.8. The molecule has 0 fully saturated rings. The van der Waals surface area contributed by atoms with Gasteiger partial charge < -0.3 is 10.1 Å². The van der Waals surface area contributed by atoms with Gasteiger partial charge in [0.1, 0.15) is 18.2 Å². The summed E-state index contributed by atoms with van der Waals surface area (Å²) < 4.78 is 18.4. The lowest BCUT2D eigenvalue weighted by Gasteiger charge is -2.18. The summed E-state index contributed by atoms with van der Waals surface area (Å²) in [6.07, 6.45) is 2.33. The van der Waals surface area contributed by atoms with Gasteiger partial charge in [0.25, 0.3) is 0 Å². The first-order valence-corrected chi connectivity index (χ1v) is 6.55. The number of halogens is 1. The van der Waals surface area contributed by atoms with Crippen molar-refractivity contribution in [3.8, 4) is 5.75 Å². The van der Waals surface area contributed by atoms with Crippen molar-refractivity contribution in [2.75, 3.05) is 11.9 Å². The van der Waals surface area contributed by atoms with Crippen LogP contribution in [0.1, 0.15) is 17.5 Å². The average molecular weight is 257 g/mol. The van der Waals surface area contributed by atoms with Crippen LogP contribution in [0.3, 0.4) is 0 Å². The number of hydrogen-bond acceptors (Lipinski definition) is 2. The fourth-order valence-electron chi connectivity index (χ4n) is 2.30. The molecule has 0 spiro atoms. The minimum Gasteiger partial charge on any atom is -0.489 e. The van der Waals surface area contributed by atoms with Gasteiger partial charge in [-0.25, -0.2) is 4.39 Å². The zero-order valence-corrected chi connectivity index (χ0v) is 10.7. The van der Waals surface area contributed by atoms with Gasteiger partial charge in [-0.2, -0.15) is 0 Å². The highest BCUT2D eigenvalue weighted by Gasteiger charge is 2.08. The Morgan fingerprint density at radius 1 is 1.11 bits per heavy atom. The van der Waals surface area contributed by atoms with Gasteiger partial charge in [-0.1, -0.05) is 12.1 Å². The first-order chi connectivity index (χ1) is 9.31. The summed E-state index contributed by atoms with van der Waals surface area (Å²) in [5.74, 6) is 0.442. The Morgan fingerprint density at radius 2 is 1.95 bits per heavy atom. The van der Waals surface area contributed by atoms with Gasteiger partial charge in [-0.15, -0.1) is 0 Å². The molecule has 2 aromatic rings. The predicted octanol–water partition coefficient (Wildman–Crippen LogP) is 3.76.